The van der Waals surface area contributed by atoms with Gasteiger partial charge in [0.15, 0.2) is 0 Å². The average molecular weight is 279 g/mol. The minimum Gasteiger partial charge on any atom is -0.234 e. The van der Waals surface area contributed by atoms with Crippen molar-refractivity contribution in [1.29, 1.82) is 0 Å². The number of fused-ring (bicyclic) bond motifs is 3. The Kier molecular flexibility index (Phi) is 2.63. The Morgan fingerprint density at radius 2 is 2.00 bits per heavy atom. The number of nitrogens with zero attached hydrogens (tertiary/aromatic N) is 3. The predicted octanol–water partition coefficient (Wildman–Crippen LogP) is 3.98. The minimum atomic E-state index is 0.825. The lowest BCUT2D eigenvalue weighted by Gasteiger charge is -2.17. The Balaban J connectivity index is 1.96. The Hall–Kier alpha value is -2.07. The molecular weight excluding hydrogens is 266 g/mol. The molecule has 0 unspecified atom stereocenters. The number of hydrogen-bond acceptors (Lipinski definition) is 3. The van der Waals surface area contributed by atoms with Crippen molar-refractivity contribution in [3.05, 3.63) is 54.1 Å². The van der Waals surface area contributed by atoms with E-state index in [1.54, 1.807) is 11.8 Å². The summed E-state index contributed by atoms with van der Waals surface area (Å²) in [6, 6.07) is 16.9. The maximum absolute atomic E-state index is 4.41. The van der Waals surface area contributed by atoms with Crippen LogP contribution in [-0.2, 0) is 5.88 Å². The van der Waals surface area contributed by atoms with E-state index in [4.69, 9.17) is 0 Å². The Morgan fingerprint density at radius 3 is 2.90 bits per heavy atom. The maximum atomic E-state index is 4.41. The standard InChI is InChI=1S/C16H13N3S/c1-11-5-4-6-12(9-11)15-16-13-7-2-3-8-14(13)20-10-19(16)18-17-15/h2-9H,10H2,1H3. The lowest BCUT2D eigenvalue weighted by Crippen LogP contribution is -2.05. The SMILES string of the molecule is Cc1cccc(-c2nnn3c2-c2ccccc2SC3)c1. The molecule has 0 N–H and O–H groups in total. The van der Waals surface area contributed by atoms with E-state index in [9.17, 15) is 0 Å². The highest BCUT2D eigenvalue weighted by Crippen LogP contribution is 2.41. The van der Waals surface area contributed by atoms with E-state index < -0.39 is 0 Å². The summed E-state index contributed by atoms with van der Waals surface area (Å²) in [5, 5.41) is 8.72. The van der Waals surface area contributed by atoms with Crippen LogP contribution in [0, 0.1) is 6.92 Å². The van der Waals surface area contributed by atoms with Crippen molar-refractivity contribution in [2.45, 2.75) is 17.7 Å². The number of thioether (sulfide) groups is 1. The van der Waals surface area contributed by atoms with Gasteiger partial charge in [-0.25, -0.2) is 4.68 Å². The van der Waals surface area contributed by atoms with Gasteiger partial charge in [0.25, 0.3) is 0 Å². The second-order valence-electron chi connectivity index (χ2n) is 4.93. The highest BCUT2D eigenvalue weighted by atomic mass is 32.2. The number of hydrogen-bond donors (Lipinski definition) is 0. The zero-order valence-corrected chi connectivity index (χ0v) is 11.9. The van der Waals surface area contributed by atoms with Gasteiger partial charge < -0.3 is 0 Å². The second kappa shape index (κ2) is 4.49. The molecule has 20 heavy (non-hydrogen) atoms. The number of aromatic nitrogens is 3. The van der Waals surface area contributed by atoms with E-state index in [2.05, 4.69) is 65.8 Å². The summed E-state index contributed by atoms with van der Waals surface area (Å²) in [6.45, 7) is 2.10. The molecule has 0 saturated heterocycles. The van der Waals surface area contributed by atoms with Gasteiger partial charge in [-0.3, -0.25) is 0 Å². The van der Waals surface area contributed by atoms with Gasteiger partial charge in [-0.15, -0.1) is 16.9 Å². The van der Waals surface area contributed by atoms with E-state index in [1.807, 2.05) is 4.68 Å². The first kappa shape index (κ1) is 11.7. The first-order chi connectivity index (χ1) is 9.83. The molecule has 2 aromatic carbocycles. The normalized spacial score (nSPS) is 12.8. The lowest BCUT2D eigenvalue weighted by atomic mass is 10.0. The smallest absolute Gasteiger partial charge is 0.121 e. The molecule has 0 atom stereocenters. The van der Waals surface area contributed by atoms with Crippen LogP contribution in [0.1, 0.15) is 5.56 Å². The van der Waals surface area contributed by atoms with Gasteiger partial charge in [-0.05, 0) is 19.1 Å². The average Bonchev–Trinajstić information content (AvgIpc) is 2.91. The van der Waals surface area contributed by atoms with E-state index in [1.165, 1.54) is 16.0 Å². The summed E-state index contributed by atoms with van der Waals surface area (Å²) in [6.07, 6.45) is 0. The molecule has 1 aromatic heterocycles. The number of aryl methyl sites for hydroxylation is 1. The molecular formula is C16H13N3S. The van der Waals surface area contributed by atoms with Gasteiger partial charge in [0.05, 0.1) is 11.6 Å². The summed E-state index contributed by atoms with van der Waals surface area (Å²) >= 11 is 1.80. The van der Waals surface area contributed by atoms with Crippen LogP contribution in [0.25, 0.3) is 22.5 Å². The van der Waals surface area contributed by atoms with Crippen LogP contribution in [0.2, 0.25) is 0 Å². The van der Waals surface area contributed by atoms with Gasteiger partial charge in [0.1, 0.15) is 5.69 Å². The largest absolute Gasteiger partial charge is 0.234 e. The first-order valence-electron chi connectivity index (χ1n) is 6.55. The maximum Gasteiger partial charge on any atom is 0.121 e. The van der Waals surface area contributed by atoms with Gasteiger partial charge in [-0.1, -0.05) is 47.2 Å². The third-order valence-electron chi connectivity index (χ3n) is 3.51. The van der Waals surface area contributed by atoms with Crippen LogP contribution < -0.4 is 0 Å². The molecule has 0 fully saturated rings. The summed E-state index contributed by atoms with van der Waals surface area (Å²) in [5.41, 5.74) is 5.70. The van der Waals surface area contributed by atoms with Crippen molar-refractivity contribution < 1.29 is 0 Å². The molecule has 0 saturated carbocycles. The zero-order chi connectivity index (χ0) is 13.5. The molecule has 3 aromatic rings. The van der Waals surface area contributed by atoms with Crippen LogP contribution in [0.5, 0.6) is 0 Å². The van der Waals surface area contributed by atoms with E-state index in [0.29, 0.717) is 0 Å². The fourth-order valence-electron chi connectivity index (χ4n) is 2.58. The molecule has 2 heterocycles. The first-order valence-corrected chi connectivity index (χ1v) is 7.54. The quantitative estimate of drug-likeness (QED) is 0.675. The number of rotatable bonds is 1. The topological polar surface area (TPSA) is 30.7 Å². The Labute approximate surface area is 121 Å². The van der Waals surface area contributed by atoms with E-state index in [-0.39, 0.29) is 0 Å². The molecule has 0 spiro atoms. The van der Waals surface area contributed by atoms with Crippen molar-refractivity contribution in [3.8, 4) is 22.5 Å². The van der Waals surface area contributed by atoms with Crippen molar-refractivity contribution in [3.63, 3.8) is 0 Å². The minimum absolute atomic E-state index is 0.825. The third-order valence-corrected chi connectivity index (χ3v) is 4.55. The lowest BCUT2D eigenvalue weighted by molar-refractivity contribution is 0.702. The van der Waals surface area contributed by atoms with E-state index >= 15 is 0 Å². The fraction of sp³-hybridized carbons (Fsp3) is 0.125. The van der Waals surface area contributed by atoms with Crippen LogP contribution in [0.4, 0.5) is 0 Å². The molecule has 0 amide bonds. The van der Waals surface area contributed by atoms with Crippen molar-refractivity contribution in [1.82, 2.24) is 15.0 Å². The van der Waals surface area contributed by atoms with Crippen molar-refractivity contribution in [2.75, 3.05) is 0 Å². The predicted molar refractivity (Wildman–Crippen MR) is 81.5 cm³/mol. The molecule has 98 valence electrons. The van der Waals surface area contributed by atoms with Crippen LogP contribution >= 0.6 is 11.8 Å². The fourth-order valence-corrected chi connectivity index (χ4v) is 3.51. The molecule has 4 heteroatoms. The molecule has 0 radical (unpaired) electrons. The molecule has 1 aliphatic rings. The van der Waals surface area contributed by atoms with Crippen LogP contribution in [0.15, 0.2) is 53.4 Å². The molecule has 0 bridgehead atoms. The summed E-state index contributed by atoms with van der Waals surface area (Å²) in [5.74, 6) is 0.825. The monoisotopic (exact) mass is 279 g/mol. The van der Waals surface area contributed by atoms with Gasteiger partial charge >= 0.3 is 0 Å². The van der Waals surface area contributed by atoms with Gasteiger partial charge in [0.2, 0.25) is 0 Å². The summed E-state index contributed by atoms with van der Waals surface area (Å²) in [4.78, 5) is 1.30. The van der Waals surface area contributed by atoms with Crippen molar-refractivity contribution in [2.24, 2.45) is 0 Å². The highest BCUT2D eigenvalue weighted by molar-refractivity contribution is 7.98. The van der Waals surface area contributed by atoms with Crippen LogP contribution in [-0.4, -0.2) is 15.0 Å². The summed E-state index contributed by atoms with van der Waals surface area (Å²) < 4.78 is 1.99. The molecule has 0 aliphatic carbocycles. The molecule has 4 rings (SSSR count). The highest BCUT2D eigenvalue weighted by Gasteiger charge is 2.22. The molecule has 1 aliphatic heterocycles. The second-order valence-corrected chi connectivity index (χ2v) is 5.91. The third kappa shape index (κ3) is 1.76. The Bertz CT molecular complexity index is 792. The van der Waals surface area contributed by atoms with Gasteiger partial charge in [-0.2, -0.15) is 0 Å². The zero-order valence-electron chi connectivity index (χ0n) is 11.1. The van der Waals surface area contributed by atoms with Crippen LogP contribution in [0.3, 0.4) is 0 Å². The number of benzene rings is 2. The van der Waals surface area contributed by atoms with Crippen molar-refractivity contribution >= 4 is 11.8 Å². The summed E-state index contributed by atoms with van der Waals surface area (Å²) in [7, 11) is 0. The molecule has 3 nitrogen and oxygen atoms in total. The van der Waals surface area contributed by atoms with E-state index in [0.717, 1.165) is 22.8 Å². The van der Waals surface area contributed by atoms with Gasteiger partial charge in [0, 0.05) is 16.0 Å². The Morgan fingerprint density at radius 1 is 1.10 bits per heavy atom.